The van der Waals surface area contributed by atoms with Crippen LogP contribution >= 0.6 is 0 Å². The summed E-state index contributed by atoms with van der Waals surface area (Å²) in [5.41, 5.74) is 0. The second kappa shape index (κ2) is 19.1. The highest BCUT2D eigenvalue weighted by molar-refractivity contribution is 5.71. The lowest BCUT2D eigenvalue weighted by molar-refractivity contribution is -0.154. The second-order valence-electron chi connectivity index (χ2n) is 6.28. The molecular weight excluding hydrogens is 392 g/mol. The maximum Gasteiger partial charge on any atom is 0.308 e. The van der Waals surface area contributed by atoms with Gasteiger partial charge in [0.25, 0.3) is 0 Å². The van der Waals surface area contributed by atoms with Crippen LogP contribution in [0.5, 0.6) is 0 Å². The minimum absolute atomic E-state index is 0.101. The molecule has 6 N–H and O–H groups in total. The van der Waals surface area contributed by atoms with Gasteiger partial charge in [-0.15, -0.1) is 0 Å². The first-order valence-corrected chi connectivity index (χ1v) is 9.13. The van der Waals surface area contributed by atoms with Gasteiger partial charge in [0.05, 0.1) is 44.0 Å². The van der Waals surface area contributed by atoms with E-state index >= 15 is 0 Å². The predicted molar refractivity (Wildman–Crippen MR) is 101 cm³/mol. The molecule has 11 heteroatoms. The minimum atomic E-state index is -0.998. The molecule has 11 nitrogen and oxygen atoms in total. The summed E-state index contributed by atoms with van der Waals surface area (Å²) >= 11 is 0. The van der Waals surface area contributed by atoms with Crippen molar-refractivity contribution in [3.63, 3.8) is 0 Å². The van der Waals surface area contributed by atoms with Gasteiger partial charge >= 0.3 is 23.9 Å². The number of hydrogen-bond donors (Lipinski definition) is 6. The quantitative estimate of drug-likeness (QED) is 0.253. The Labute approximate surface area is 169 Å². The molecule has 0 amide bonds. The van der Waals surface area contributed by atoms with Crippen LogP contribution in [0.2, 0.25) is 0 Å². The fourth-order valence-electron chi connectivity index (χ4n) is 1.54. The van der Waals surface area contributed by atoms with Crippen LogP contribution in [0.1, 0.15) is 66.2 Å². The molecule has 0 fully saturated rings. The molecule has 0 aromatic heterocycles. The van der Waals surface area contributed by atoms with E-state index in [4.69, 9.17) is 35.4 Å². The summed E-state index contributed by atoms with van der Waals surface area (Å²) in [4.78, 5) is 40.8. The Balaban J connectivity index is -0.000000383. The zero-order chi connectivity index (χ0) is 23.6. The van der Waals surface area contributed by atoms with E-state index in [1.54, 1.807) is 13.8 Å². The Kier molecular flexibility index (Phi) is 20.7. The molecule has 0 heterocycles. The second-order valence-corrected chi connectivity index (χ2v) is 6.28. The van der Waals surface area contributed by atoms with Gasteiger partial charge in [-0.2, -0.15) is 0 Å². The first kappa shape index (κ1) is 31.5. The summed E-state index contributed by atoms with van der Waals surface area (Å²) in [5.74, 6) is -3.47. The molecule has 4 atom stereocenters. The van der Waals surface area contributed by atoms with E-state index in [2.05, 4.69) is 0 Å². The highest BCUT2D eigenvalue weighted by atomic mass is 16.5. The molecule has 0 aliphatic rings. The number of carbonyl (C=O) groups excluding carboxylic acids is 1. The molecule has 0 aliphatic heterocycles. The highest BCUT2D eigenvalue weighted by Crippen LogP contribution is 2.06. The molecule has 0 bridgehead atoms. The first-order chi connectivity index (χ1) is 13.2. The molecule has 0 aromatic rings. The van der Waals surface area contributed by atoms with Gasteiger partial charge in [0, 0.05) is 0 Å². The van der Waals surface area contributed by atoms with Crippen molar-refractivity contribution in [2.24, 2.45) is 0 Å². The van der Waals surface area contributed by atoms with Crippen LogP contribution in [-0.2, 0) is 23.9 Å². The number of aliphatic hydroxyl groups excluding tert-OH is 3. The predicted octanol–water partition coefficient (Wildman–Crippen LogP) is 0.628. The Bertz CT molecular complexity index is 474. The van der Waals surface area contributed by atoms with Gasteiger partial charge in [-0.25, -0.2) is 0 Å². The standard InChI is InChI=1S/C9H16O5.C5H10O3.C4H8O3/c1-3-7(5-8(11)12)14-9(13)4-6(2)10;1-2-4(6)3-5(7)8;1-3(5)2-4(6)7/h6-7,10H,3-5H2,1-2H3,(H,11,12);4,6H,2-3H2,1H3,(H,7,8);3,5H,2H2,1H3,(H,6,7). The number of carbonyl (C=O) groups is 4. The van der Waals surface area contributed by atoms with E-state index in [9.17, 15) is 19.2 Å². The van der Waals surface area contributed by atoms with Crippen molar-refractivity contribution in [3.8, 4) is 0 Å². The number of carboxylic acid groups (broad SMARTS) is 3. The number of rotatable bonds is 11. The lowest BCUT2D eigenvalue weighted by Crippen LogP contribution is -2.22. The van der Waals surface area contributed by atoms with Gasteiger partial charge in [0.1, 0.15) is 6.10 Å². The molecule has 172 valence electrons. The molecule has 0 spiro atoms. The molecule has 0 rings (SSSR count). The maximum atomic E-state index is 11.0. The third-order valence-electron chi connectivity index (χ3n) is 2.97. The average molecular weight is 426 g/mol. The van der Waals surface area contributed by atoms with Crippen LogP contribution in [-0.4, -0.2) is 78.9 Å². The van der Waals surface area contributed by atoms with Gasteiger partial charge < -0.3 is 35.4 Å². The van der Waals surface area contributed by atoms with Crippen molar-refractivity contribution in [3.05, 3.63) is 0 Å². The minimum Gasteiger partial charge on any atom is -0.481 e. The Morgan fingerprint density at radius 1 is 0.690 bits per heavy atom. The monoisotopic (exact) mass is 426 g/mol. The summed E-state index contributed by atoms with van der Waals surface area (Å²) in [5, 5.41) is 50.3. The lowest BCUT2D eigenvalue weighted by Gasteiger charge is -2.14. The van der Waals surface area contributed by atoms with Crippen LogP contribution in [0.4, 0.5) is 0 Å². The number of carboxylic acids is 3. The van der Waals surface area contributed by atoms with E-state index in [0.29, 0.717) is 12.8 Å². The fourth-order valence-corrected chi connectivity index (χ4v) is 1.54. The summed E-state index contributed by atoms with van der Waals surface area (Å²) in [6, 6.07) is 0. The number of esters is 1. The van der Waals surface area contributed by atoms with E-state index in [1.165, 1.54) is 13.8 Å². The number of hydrogen-bond acceptors (Lipinski definition) is 8. The number of ether oxygens (including phenoxy) is 1. The summed E-state index contributed by atoms with van der Waals surface area (Å²) in [7, 11) is 0. The van der Waals surface area contributed by atoms with E-state index in [1.807, 2.05) is 0 Å². The largest absolute Gasteiger partial charge is 0.481 e. The van der Waals surface area contributed by atoms with Gasteiger partial charge in [0.2, 0.25) is 0 Å². The van der Waals surface area contributed by atoms with Crippen LogP contribution in [0.25, 0.3) is 0 Å². The van der Waals surface area contributed by atoms with Crippen molar-refractivity contribution in [2.45, 2.75) is 90.6 Å². The Hall–Kier alpha value is -2.24. The Morgan fingerprint density at radius 2 is 1.10 bits per heavy atom. The van der Waals surface area contributed by atoms with E-state index in [-0.39, 0.29) is 25.7 Å². The zero-order valence-corrected chi connectivity index (χ0v) is 17.3. The molecule has 0 aliphatic carbocycles. The smallest absolute Gasteiger partial charge is 0.308 e. The molecule has 0 saturated carbocycles. The van der Waals surface area contributed by atoms with Gasteiger partial charge in [0.15, 0.2) is 0 Å². The van der Waals surface area contributed by atoms with Gasteiger partial charge in [-0.1, -0.05) is 13.8 Å². The highest BCUT2D eigenvalue weighted by Gasteiger charge is 2.17. The van der Waals surface area contributed by atoms with Crippen molar-refractivity contribution in [1.29, 1.82) is 0 Å². The van der Waals surface area contributed by atoms with Crippen LogP contribution in [0.15, 0.2) is 0 Å². The van der Waals surface area contributed by atoms with E-state index < -0.39 is 48.3 Å². The van der Waals surface area contributed by atoms with E-state index in [0.717, 1.165) is 0 Å². The fraction of sp³-hybridized carbons (Fsp3) is 0.778. The summed E-state index contributed by atoms with van der Waals surface area (Å²) in [6.45, 7) is 6.39. The molecular formula is C18H34O11. The lowest BCUT2D eigenvalue weighted by atomic mass is 10.2. The molecule has 0 radical (unpaired) electrons. The van der Waals surface area contributed by atoms with Crippen LogP contribution < -0.4 is 0 Å². The first-order valence-electron chi connectivity index (χ1n) is 9.13. The van der Waals surface area contributed by atoms with Crippen molar-refractivity contribution in [2.75, 3.05) is 0 Å². The van der Waals surface area contributed by atoms with Gasteiger partial charge in [-0.05, 0) is 26.7 Å². The number of aliphatic hydroxyl groups is 3. The van der Waals surface area contributed by atoms with Gasteiger partial charge in [-0.3, -0.25) is 19.2 Å². The molecule has 29 heavy (non-hydrogen) atoms. The number of aliphatic carboxylic acids is 3. The third-order valence-corrected chi connectivity index (χ3v) is 2.97. The van der Waals surface area contributed by atoms with Crippen LogP contribution in [0.3, 0.4) is 0 Å². The Morgan fingerprint density at radius 3 is 1.31 bits per heavy atom. The normalized spacial score (nSPS) is 13.9. The van der Waals surface area contributed by atoms with Crippen molar-refractivity contribution < 1.29 is 54.6 Å². The van der Waals surface area contributed by atoms with Crippen molar-refractivity contribution >= 4 is 23.9 Å². The van der Waals surface area contributed by atoms with Crippen molar-refractivity contribution in [1.82, 2.24) is 0 Å². The topological polar surface area (TPSA) is 199 Å². The maximum absolute atomic E-state index is 11.0. The summed E-state index contributed by atoms with van der Waals surface area (Å²) < 4.78 is 4.84. The summed E-state index contributed by atoms with van der Waals surface area (Å²) in [6.07, 6.45) is -2.40. The van der Waals surface area contributed by atoms with Crippen LogP contribution in [0, 0.1) is 0 Å². The molecule has 0 saturated heterocycles. The molecule has 0 aromatic carbocycles. The third kappa shape index (κ3) is 30.7. The zero-order valence-electron chi connectivity index (χ0n) is 17.3. The average Bonchev–Trinajstić information content (AvgIpc) is 2.52. The molecule has 4 unspecified atom stereocenters. The SMILES string of the molecule is CC(O)CC(=O)O.CCC(CC(=O)O)OC(=O)CC(C)O.CCC(O)CC(=O)O.